The summed E-state index contributed by atoms with van der Waals surface area (Å²) in [4.78, 5) is 4.57. The van der Waals surface area contributed by atoms with Crippen molar-refractivity contribution in [1.29, 1.82) is 0 Å². The minimum Gasteiger partial charge on any atom is -0.379 e. The maximum absolute atomic E-state index is 13.4. The lowest BCUT2D eigenvalue weighted by Gasteiger charge is -2.24. The molecule has 0 heterocycles. The summed E-state index contributed by atoms with van der Waals surface area (Å²) >= 11 is 0. The third-order valence-electron chi connectivity index (χ3n) is 3.72. The van der Waals surface area contributed by atoms with Gasteiger partial charge in [0.15, 0.2) is 5.96 Å². The van der Waals surface area contributed by atoms with Gasteiger partial charge < -0.3 is 15.4 Å². The third-order valence-corrected chi connectivity index (χ3v) is 4.63. The zero-order valence-corrected chi connectivity index (χ0v) is 19.6. The van der Waals surface area contributed by atoms with Crippen LogP contribution in [0.15, 0.2) is 29.3 Å². The monoisotopic (exact) mass is 515 g/mol. The van der Waals surface area contributed by atoms with Crippen molar-refractivity contribution in [3.8, 4) is 0 Å². The molecule has 0 unspecified atom stereocenters. The minimum atomic E-state index is -3.00. The predicted octanol–water partition coefficient (Wildman–Crippen LogP) is 2.34. The van der Waals surface area contributed by atoms with Gasteiger partial charge in [-0.2, -0.15) is 0 Å². The van der Waals surface area contributed by atoms with Gasteiger partial charge >= 0.3 is 0 Å². The van der Waals surface area contributed by atoms with E-state index in [0.29, 0.717) is 32.2 Å². The molecule has 9 heteroatoms. The number of ether oxygens (including phenoxy) is 1. The average Bonchev–Trinajstić information content (AvgIpc) is 2.54. The molecule has 0 aliphatic carbocycles. The fraction of sp³-hybridized carbons (Fsp3) is 0.611. The van der Waals surface area contributed by atoms with Gasteiger partial charge in [0, 0.05) is 24.8 Å². The highest BCUT2D eigenvalue weighted by Crippen LogP contribution is 2.24. The number of benzene rings is 1. The van der Waals surface area contributed by atoms with Gasteiger partial charge in [0.1, 0.15) is 15.7 Å². The molecule has 0 saturated heterocycles. The van der Waals surface area contributed by atoms with E-state index in [4.69, 9.17) is 4.74 Å². The lowest BCUT2D eigenvalue weighted by molar-refractivity contribution is 0.154. The van der Waals surface area contributed by atoms with Gasteiger partial charge in [-0.15, -0.1) is 24.0 Å². The molecule has 0 fully saturated rings. The Bertz CT molecular complexity index is 697. The Kier molecular flexibility index (Phi) is 12.1. The maximum atomic E-state index is 13.4. The summed E-state index contributed by atoms with van der Waals surface area (Å²) in [5, 5.41) is 6.29. The second-order valence-electron chi connectivity index (χ2n) is 6.76. The van der Waals surface area contributed by atoms with Crippen LogP contribution in [0.4, 0.5) is 4.39 Å². The molecule has 0 atom stereocenters. The second-order valence-corrected chi connectivity index (χ2v) is 9.02. The number of hydrogen-bond donors (Lipinski definition) is 2. The van der Waals surface area contributed by atoms with Crippen molar-refractivity contribution in [2.75, 3.05) is 44.9 Å². The van der Waals surface area contributed by atoms with Crippen LogP contribution in [0.1, 0.15) is 26.3 Å². The third kappa shape index (κ3) is 11.5. The van der Waals surface area contributed by atoms with E-state index in [2.05, 4.69) is 15.6 Å². The Morgan fingerprint density at radius 1 is 1.26 bits per heavy atom. The van der Waals surface area contributed by atoms with Gasteiger partial charge in [0.2, 0.25) is 0 Å². The van der Waals surface area contributed by atoms with Crippen LogP contribution in [-0.2, 0) is 20.0 Å². The van der Waals surface area contributed by atoms with Crippen LogP contribution in [0.5, 0.6) is 0 Å². The molecule has 0 radical (unpaired) electrons. The summed E-state index contributed by atoms with van der Waals surface area (Å²) < 4.78 is 40.8. The lowest BCUT2D eigenvalue weighted by atomic mass is 9.85. The number of guanidine groups is 1. The van der Waals surface area contributed by atoms with Gasteiger partial charge in [-0.3, -0.25) is 4.99 Å². The summed E-state index contributed by atoms with van der Waals surface area (Å²) in [6.07, 6.45) is 1.19. The molecule has 0 saturated carbocycles. The normalized spacial score (nSPS) is 12.4. The van der Waals surface area contributed by atoms with Crippen LogP contribution in [0, 0.1) is 5.82 Å². The molecule has 0 aromatic heterocycles. The van der Waals surface area contributed by atoms with E-state index in [1.165, 1.54) is 18.4 Å². The summed E-state index contributed by atoms with van der Waals surface area (Å²) in [7, 11) is -3.00. The zero-order chi connectivity index (χ0) is 19.6. The summed E-state index contributed by atoms with van der Waals surface area (Å²) in [5.41, 5.74) is 0.581. The van der Waals surface area contributed by atoms with Gasteiger partial charge in [0.05, 0.1) is 25.5 Å². The summed E-state index contributed by atoms with van der Waals surface area (Å²) in [5.74, 6) is 0.405. The molecule has 1 aromatic carbocycles. The summed E-state index contributed by atoms with van der Waals surface area (Å²) in [6.45, 7) is 8.27. The molecular weight excluding hydrogens is 484 g/mol. The molecule has 1 aromatic rings. The van der Waals surface area contributed by atoms with Gasteiger partial charge in [-0.25, -0.2) is 12.8 Å². The Balaban J connectivity index is 0.00000676. The van der Waals surface area contributed by atoms with Crippen LogP contribution in [0.25, 0.3) is 0 Å². The highest BCUT2D eigenvalue weighted by atomic mass is 127. The number of aliphatic imine (C=N–C) groups is 1. The predicted molar refractivity (Wildman–Crippen MR) is 119 cm³/mol. The molecule has 0 spiro atoms. The summed E-state index contributed by atoms with van der Waals surface area (Å²) in [6, 6.07) is 6.56. The van der Waals surface area contributed by atoms with Gasteiger partial charge in [-0.1, -0.05) is 26.0 Å². The molecule has 6 nitrogen and oxygen atoms in total. The molecular formula is C18H31FIN3O3S. The highest BCUT2D eigenvalue weighted by Gasteiger charge is 2.21. The molecule has 0 amide bonds. The standard InChI is InChI=1S/C18H30FN3O3S.HI/c1-5-20-17(21-9-10-25-11-12-26(4,23)24)22-14-18(2,3)15-7-6-8-16(19)13-15;/h6-8,13H,5,9-12,14H2,1-4H3,(H2,20,21,22);1H. The average molecular weight is 515 g/mol. The van der Waals surface area contributed by atoms with Gasteiger partial charge in [0.25, 0.3) is 0 Å². The zero-order valence-electron chi connectivity index (χ0n) is 16.4. The quantitative estimate of drug-likeness (QED) is 0.217. The largest absolute Gasteiger partial charge is 0.379 e. The SMILES string of the molecule is CCNC(=NCC(C)(C)c1cccc(F)c1)NCCOCCS(C)(=O)=O.I. The van der Waals surface area contributed by atoms with Crippen molar-refractivity contribution in [2.45, 2.75) is 26.2 Å². The van der Waals surface area contributed by atoms with Crippen LogP contribution >= 0.6 is 24.0 Å². The highest BCUT2D eigenvalue weighted by molar-refractivity contribution is 14.0. The Labute approximate surface area is 179 Å². The van der Waals surface area contributed by atoms with Crippen LogP contribution in [0.2, 0.25) is 0 Å². The first-order valence-corrected chi connectivity index (χ1v) is 10.7. The van der Waals surface area contributed by atoms with Crippen molar-refractivity contribution in [3.05, 3.63) is 35.6 Å². The molecule has 27 heavy (non-hydrogen) atoms. The Morgan fingerprint density at radius 3 is 2.56 bits per heavy atom. The van der Waals surface area contributed by atoms with E-state index < -0.39 is 9.84 Å². The van der Waals surface area contributed by atoms with Gasteiger partial charge in [-0.05, 0) is 24.6 Å². The van der Waals surface area contributed by atoms with Crippen LogP contribution in [-0.4, -0.2) is 59.2 Å². The number of nitrogens with zero attached hydrogens (tertiary/aromatic N) is 1. The first-order valence-electron chi connectivity index (χ1n) is 8.68. The number of nitrogens with one attached hydrogen (secondary N) is 2. The number of halogens is 2. The Hall–Kier alpha value is -0.940. The van der Waals surface area contributed by atoms with Crippen molar-refractivity contribution < 1.29 is 17.5 Å². The molecule has 0 bridgehead atoms. The molecule has 1 rings (SSSR count). The smallest absolute Gasteiger partial charge is 0.191 e. The van der Waals surface area contributed by atoms with Crippen LogP contribution < -0.4 is 10.6 Å². The first kappa shape index (κ1) is 26.1. The second kappa shape index (κ2) is 12.5. The van der Waals surface area contributed by atoms with E-state index in [9.17, 15) is 12.8 Å². The fourth-order valence-corrected chi connectivity index (χ4v) is 2.59. The van der Waals surface area contributed by atoms with E-state index in [1.807, 2.05) is 26.8 Å². The number of hydrogen-bond acceptors (Lipinski definition) is 4. The molecule has 2 N–H and O–H groups in total. The Morgan fingerprint density at radius 2 is 1.96 bits per heavy atom. The van der Waals surface area contributed by atoms with Crippen LogP contribution in [0.3, 0.4) is 0 Å². The molecule has 0 aliphatic rings. The van der Waals surface area contributed by atoms with E-state index in [-0.39, 0.29) is 47.6 Å². The maximum Gasteiger partial charge on any atom is 0.191 e. The molecule has 0 aliphatic heterocycles. The van der Waals surface area contributed by atoms with Crippen molar-refractivity contribution in [1.82, 2.24) is 10.6 Å². The van der Waals surface area contributed by atoms with E-state index in [1.54, 1.807) is 6.07 Å². The van der Waals surface area contributed by atoms with Crippen molar-refractivity contribution in [3.63, 3.8) is 0 Å². The number of rotatable bonds is 10. The van der Waals surface area contributed by atoms with E-state index in [0.717, 1.165) is 5.56 Å². The first-order chi connectivity index (χ1) is 12.1. The fourth-order valence-electron chi connectivity index (χ4n) is 2.17. The number of sulfone groups is 1. The van der Waals surface area contributed by atoms with Crippen molar-refractivity contribution in [2.24, 2.45) is 4.99 Å². The minimum absolute atomic E-state index is 0. The molecule has 156 valence electrons. The van der Waals surface area contributed by atoms with E-state index >= 15 is 0 Å². The lowest BCUT2D eigenvalue weighted by Crippen LogP contribution is -2.40. The topological polar surface area (TPSA) is 79.8 Å². The van der Waals surface area contributed by atoms with Crippen molar-refractivity contribution >= 4 is 39.8 Å².